The van der Waals surface area contributed by atoms with Gasteiger partial charge >= 0.3 is 21.7 Å². The molecule has 0 N–H and O–H groups in total. The molecular weight excluding hydrogens is 372 g/mol. The van der Waals surface area contributed by atoms with Gasteiger partial charge in [0.05, 0.1) is 0 Å². The number of hydrogen-bond acceptors (Lipinski definition) is 3. The van der Waals surface area contributed by atoms with Crippen LogP contribution in [0.2, 0.25) is 0 Å². The van der Waals surface area contributed by atoms with Crippen LogP contribution in [0.4, 0.5) is 0 Å². The van der Waals surface area contributed by atoms with Crippen molar-refractivity contribution < 1.29 is 37.0 Å². The SMILES string of the molecule is C=CCCC(C)[O-].C=CCCC(C)[O-].C=CCCC(C)[O-].[C-]1=CC=CC1.[Ti+4]. The Kier molecular flexibility index (Phi) is 37.7. The average Bonchev–Trinajstić information content (AvgIpc) is 3.17. The molecule has 152 valence electrons. The number of rotatable bonds is 9. The maximum Gasteiger partial charge on any atom is 4.00 e. The predicted molar refractivity (Wildman–Crippen MR) is 108 cm³/mol. The minimum absolute atomic E-state index is 0. The van der Waals surface area contributed by atoms with Gasteiger partial charge in [-0.2, -0.15) is 6.08 Å². The Morgan fingerprint density at radius 3 is 1.22 bits per heavy atom. The zero-order valence-electron chi connectivity index (χ0n) is 17.5. The van der Waals surface area contributed by atoms with E-state index in [-0.39, 0.29) is 21.7 Å². The van der Waals surface area contributed by atoms with E-state index < -0.39 is 18.3 Å². The summed E-state index contributed by atoms with van der Waals surface area (Å²) in [6.45, 7) is 15.5. The maximum absolute atomic E-state index is 10.2. The zero-order chi connectivity index (χ0) is 20.6. The number of allylic oxidation sites excluding steroid dienone is 7. The van der Waals surface area contributed by atoms with Crippen LogP contribution >= 0.6 is 0 Å². The fourth-order valence-electron chi connectivity index (χ4n) is 1.40. The van der Waals surface area contributed by atoms with Gasteiger partial charge < -0.3 is 15.3 Å². The minimum atomic E-state index is -0.419. The third-order valence-corrected chi connectivity index (χ3v) is 2.92. The van der Waals surface area contributed by atoms with Crippen LogP contribution in [-0.2, 0) is 21.7 Å². The quantitative estimate of drug-likeness (QED) is 0.332. The zero-order valence-corrected chi connectivity index (χ0v) is 19.1. The van der Waals surface area contributed by atoms with Crippen molar-refractivity contribution in [2.24, 2.45) is 0 Å². The van der Waals surface area contributed by atoms with Crippen molar-refractivity contribution in [3.8, 4) is 0 Å². The standard InChI is InChI=1S/3C6H11O.C5H5.Ti/c3*1-3-4-5-6(2)7;1-2-4-5-3-1;/h3*3,6H,1,4-5H2,2H3;1-3H,4H2;/q4*-1;+4. The molecule has 0 amide bonds. The molecule has 0 aromatic carbocycles. The van der Waals surface area contributed by atoms with Crippen LogP contribution in [0.3, 0.4) is 0 Å². The van der Waals surface area contributed by atoms with Crippen LogP contribution < -0.4 is 15.3 Å². The normalized spacial score (nSPS) is 13.7. The minimum Gasteiger partial charge on any atom is -0.852 e. The summed E-state index contributed by atoms with van der Waals surface area (Å²) in [5.74, 6) is 0. The molecule has 0 spiro atoms. The Balaban J connectivity index is -0.000000130. The van der Waals surface area contributed by atoms with Crippen molar-refractivity contribution in [3.05, 3.63) is 62.3 Å². The van der Waals surface area contributed by atoms with Gasteiger partial charge in [0.25, 0.3) is 0 Å². The van der Waals surface area contributed by atoms with Crippen LogP contribution in [0, 0.1) is 6.08 Å². The summed E-state index contributed by atoms with van der Waals surface area (Å²) < 4.78 is 0. The molecule has 4 heteroatoms. The molecule has 3 atom stereocenters. The van der Waals surface area contributed by atoms with Gasteiger partial charge in [-0.25, -0.2) is 12.2 Å². The van der Waals surface area contributed by atoms with E-state index in [1.165, 1.54) is 0 Å². The number of hydrogen-bond donors (Lipinski definition) is 0. The van der Waals surface area contributed by atoms with E-state index in [1.54, 1.807) is 39.0 Å². The van der Waals surface area contributed by atoms with Crippen LogP contribution in [0.5, 0.6) is 0 Å². The van der Waals surface area contributed by atoms with Crippen LogP contribution in [0.15, 0.2) is 56.2 Å². The van der Waals surface area contributed by atoms with E-state index in [0.717, 1.165) is 44.9 Å². The van der Waals surface area contributed by atoms with Gasteiger partial charge in [0.2, 0.25) is 0 Å². The third kappa shape index (κ3) is 51.7. The van der Waals surface area contributed by atoms with Crippen molar-refractivity contribution in [1.29, 1.82) is 0 Å². The molecular formula is C23H38O3Ti. The van der Waals surface area contributed by atoms with Crippen molar-refractivity contribution in [3.63, 3.8) is 0 Å². The fourth-order valence-corrected chi connectivity index (χ4v) is 1.40. The topological polar surface area (TPSA) is 69.2 Å². The van der Waals surface area contributed by atoms with E-state index in [2.05, 4.69) is 31.9 Å². The van der Waals surface area contributed by atoms with Gasteiger partial charge in [-0.1, -0.05) is 58.3 Å². The first-order chi connectivity index (χ1) is 12.3. The largest absolute Gasteiger partial charge is 4.00 e. The van der Waals surface area contributed by atoms with E-state index in [1.807, 2.05) is 12.2 Å². The molecule has 0 saturated carbocycles. The second-order valence-electron chi connectivity index (χ2n) is 6.03. The molecule has 0 aliphatic heterocycles. The predicted octanol–water partition coefficient (Wildman–Crippen LogP) is 3.41. The van der Waals surface area contributed by atoms with E-state index >= 15 is 0 Å². The van der Waals surface area contributed by atoms with E-state index in [4.69, 9.17) is 0 Å². The molecule has 0 fully saturated rings. The van der Waals surface area contributed by atoms with E-state index in [9.17, 15) is 15.3 Å². The van der Waals surface area contributed by atoms with E-state index in [0.29, 0.717) is 0 Å². The Labute approximate surface area is 183 Å². The van der Waals surface area contributed by atoms with Gasteiger partial charge in [-0.05, 0) is 19.3 Å². The molecule has 1 aliphatic rings. The first-order valence-electron chi connectivity index (χ1n) is 9.33. The summed E-state index contributed by atoms with van der Waals surface area (Å²) in [7, 11) is 0. The Bertz CT molecular complexity index is 311. The van der Waals surface area contributed by atoms with Gasteiger partial charge in [-0.15, -0.1) is 44.5 Å². The van der Waals surface area contributed by atoms with Gasteiger partial charge in [0, 0.05) is 0 Å². The molecule has 27 heavy (non-hydrogen) atoms. The Morgan fingerprint density at radius 1 is 0.815 bits per heavy atom. The Morgan fingerprint density at radius 2 is 1.15 bits per heavy atom. The summed E-state index contributed by atoms with van der Waals surface area (Å²) in [4.78, 5) is 0. The van der Waals surface area contributed by atoms with Gasteiger partial charge in [0.15, 0.2) is 0 Å². The van der Waals surface area contributed by atoms with Gasteiger partial charge in [0.1, 0.15) is 0 Å². The van der Waals surface area contributed by atoms with Crippen LogP contribution in [-0.4, -0.2) is 18.3 Å². The summed E-state index contributed by atoms with van der Waals surface area (Å²) >= 11 is 0. The molecule has 3 unspecified atom stereocenters. The molecule has 0 bridgehead atoms. The fraction of sp³-hybridized carbons (Fsp3) is 0.565. The van der Waals surface area contributed by atoms with Crippen molar-refractivity contribution in [1.82, 2.24) is 0 Å². The monoisotopic (exact) mass is 410 g/mol. The van der Waals surface area contributed by atoms with Crippen molar-refractivity contribution in [2.75, 3.05) is 0 Å². The molecule has 0 aromatic rings. The molecule has 0 radical (unpaired) electrons. The molecule has 1 rings (SSSR count). The second kappa shape index (κ2) is 30.0. The Hall–Kier alpha value is -0.706. The summed E-state index contributed by atoms with van der Waals surface area (Å²) in [6.07, 6.45) is 18.8. The molecule has 0 aromatic heterocycles. The first kappa shape index (κ1) is 33.8. The molecule has 1 aliphatic carbocycles. The summed E-state index contributed by atoms with van der Waals surface area (Å²) in [5.41, 5.74) is 0. The van der Waals surface area contributed by atoms with Crippen LogP contribution in [0.25, 0.3) is 0 Å². The summed E-state index contributed by atoms with van der Waals surface area (Å²) in [5, 5.41) is 30.7. The van der Waals surface area contributed by atoms with Crippen molar-refractivity contribution >= 4 is 0 Å². The first-order valence-corrected chi connectivity index (χ1v) is 9.33. The smallest absolute Gasteiger partial charge is 0.852 e. The average molecular weight is 410 g/mol. The molecule has 0 saturated heterocycles. The van der Waals surface area contributed by atoms with Crippen LogP contribution in [0.1, 0.15) is 65.7 Å². The maximum atomic E-state index is 10.2. The summed E-state index contributed by atoms with van der Waals surface area (Å²) in [6, 6.07) is 0. The molecule has 3 nitrogen and oxygen atoms in total. The second-order valence-corrected chi connectivity index (χ2v) is 6.03. The third-order valence-electron chi connectivity index (χ3n) is 2.92. The van der Waals surface area contributed by atoms with Gasteiger partial charge in [-0.3, -0.25) is 6.08 Å². The molecule has 0 heterocycles. The van der Waals surface area contributed by atoms with Crippen molar-refractivity contribution in [2.45, 2.75) is 84.0 Å².